The van der Waals surface area contributed by atoms with E-state index >= 15 is 0 Å². The molecule has 2 aliphatic rings. The van der Waals surface area contributed by atoms with E-state index in [0.717, 1.165) is 17.1 Å². The second-order valence-electron chi connectivity index (χ2n) is 7.50. The predicted molar refractivity (Wildman–Crippen MR) is 142 cm³/mol. The third-order valence-electron chi connectivity index (χ3n) is 5.05. The minimum atomic E-state index is -1.20. The molecule has 15 heteroatoms. The van der Waals surface area contributed by atoms with Gasteiger partial charge in [0, 0.05) is 35.4 Å². The summed E-state index contributed by atoms with van der Waals surface area (Å²) in [5, 5.41) is 17.6. The molecule has 4 heterocycles. The van der Waals surface area contributed by atoms with Crippen LogP contribution in [0.3, 0.4) is 0 Å². The summed E-state index contributed by atoms with van der Waals surface area (Å²) in [4.78, 5) is 52.2. The maximum atomic E-state index is 13.0. The Bertz CT molecular complexity index is 1290. The number of oxime groups is 1. The summed E-state index contributed by atoms with van der Waals surface area (Å²) in [6.45, 7) is 3.55. The average molecular weight is 560 g/mol. The smallest absolute Gasteiger partial charge is 0.352 e. The van der Waals surface area contributed by atoms with E-state index in [1.54, 1.807) is 12.4 Å². The number of carbonyl (C=O) groups is 3. The molecule has 0 bridgehead atoms. The van der Waals surface area contributed by atoms with Crippen LogP contribution in [0, 0.1) is 0 Å². The highest BCUT2D eigenvalue weighted by molar-refractivity contribution is 8.02. The van der Waals surface area contributed by atoms with Crippen molar-refractivity contribution in [2.75, 3.05) is 23.8 Å². The Hall–Kier alpha value is -3.69. The number of nitrogens with one attached hydrogen (secondary N) is 1. The van der Waals surface area contributed by atoms with E-state index in [9.17, 15) is 19.5 Å². The number of pyridine rings is 1. The minimum absolute atomic E-state index is 0.0377. The number of carboxylic acid groups (broad SMARTS) is 1. The van der Waals surface area contributed by atoms with Crippen LogP contribution >= 0.6 is 35.1 Å². The lowest BCUT2D eigenvalue weighted by atomic mass is 10.0. The van der Waals surface area contributed by atoms with E-state index < -0.39 is 29.2 Å². The van der Waals surface area contributed by atoms with Gasteiger partial charge >= 0.3 is 5.97 Å². The second kappa shape index (κ2) is 12.0. The summed E-state index contributed by atoms with van der Waals surface area (Å²) in [6, 6.07) is 2.78. The number of aliphatic carboxylic acids is 1. The van der Waals surface area contributed by atoms with Gasteiger partial charge in [-0.25, -0.2) is 4.79 Å². The van der Waals surface area contributed by atoms with E-state index in [1.807, 2.05) is 23.6 Å². The summed E-state index contributed by atoms with van der Waals surface area (Å²) in [6.07, 6.45) is 6.72. The van der Waals surface area contributed by atoms with Gasteiger partial charge in [0.25, 0.3) is 11.8 Å². The molecular weight excluding hydrogens is 538 g/mol. The first-order chi connectivity index (χ1) is 17.9. The van der Waals surface area contributed by atoms with Gasteiger partial charge in [-0.2, -0.15) is 9.36 Å². The first-order valence-corrected chi connectivity index (χ1v) is 13.6. The molecule has 1 saturated heterocycles. The first-order valence-electron chi connectivity index (χ1n) is 10.7. The van der Waals surface area contributed by atoms with E-state index in [0.29, 0.717) is 17.1 Å². The van der Waals surface area contributed by atoms with Crippen LogP contribution in [0.5, 0.6) is 0 Å². The van der Waals surface area contributed by atoms with Gasteiger partial charge in [0.05, 0.1) is 0 Å². The van der Waals surface area contributed by atoms with Crippen LogP contribution in [-0.4, -0.2) is 77.4 Å². The predicted octanol–water partition coefficient (Wildman–Crippen LogP) is 1.56. The second-order valence-corrected chi connectivity index (χ2v) is 10.3. The molecule has 0 aliphatic carbocycles. The molecular formula is C22H21N7O5S3. The number of aromatic nitrogens is 3. The normalized spacial score (nSPS) is 19.4. The molecule has 1 fully saturated rings. The van der Waals surface area contributed by atoms with Crippen molar-refractivity contribution in [2.24, 2.45) is 5.16 Å². The van der Waals surface area contributed by atoms with Crippen LogP contribution in [-0.2, 0) is 19.2 Å². The fourth-order valence-electron chi connectivity index (χ4n) is 3.42. The summed E-state index contributed by atoms with van der Waals surface area (Å²) < 4.78 is 3.98. The lowest BCUT2D eigenvalue weighted by Crippen LogP contribution is -2.71. The molecule has 2 amide bonds. The van der Waals surface area contributed by atoms with Crippen LogP contribution in [0.1, 0.15) is 11.4 Å². The molecule has 2 atom stereocenters. The van der Waals surface area contributed by atoms with Crippen molar-refractivity contribution in [1.82, 2.24) is 24.6 Å². The average Bonchev–Trinajstić information content (AvgIpc) is 3.33. The zero-order valence-corrected chi connectivity index (χ0v) is 21.6. The number of nitrogen functional groups attached to an aromatic ring is 1. The van der Waals surface area contributed by atoms with Crippen molar-refractivity contribution in [2.45, 2.75) is 11.4 Å². The number of β-lactam (4-membered cyclic amide) rings is 1. The minimum Gasteiger partial charge on any atom is -0.477 e. The van der Waals surface area contributed by atoms with Crippen molar-refractivity contribution >= 4 is 69.8 Å². The van der Waals surface area contributed by atoms with Gasteiger partial charge in [-0.3, -0.25) is 19.5 Å². The zero-order valence-electron chi connectivity index (χ0n) is 19.1. The topological polar surface area (TPSA) is 173 Å². The highest BCUT2D eigenvalue weighted by Gasteiger charge is 2.54. The molecule has 0 aromatic carbocycles. The van der Waals surface area contributed by atoms with E-state index in [-0.39, 0.29) is 29.0 Å². The van der Waals surface area contributed by atoms with Crippen LogP contribution < -0.4 is 11.1 Å². The van der Waals surface area contributed by atoms with E-state index in [2.05, 4.69) is 31.4 Å². The van der Waals surface area contributed by atoms with Gasteiger partial charge in [-0.05, 0) is 28.7 Å². The molecule has 0 spiro atoms. The van der Waals surface area contributed by atoms with Crippen molar-refractivity contribution in [3.05, 3.63) is 65.2 Å². The number of rotatable bonds is 11. The molecule has 4 N–H and O–H groups in total. The lowest BCUT2D eigenvalue weighted by Gasteiger charge is -2.49. The number of fused-ring (bicyclic) bond motifs is 1. The largest absolute Gasteiger partial charge is 0.477 e. The number of amides is 2. The van der Waals surface area contributed by atoms with Crippen LogP contribution in [0.4, 0.5) is 5.13 Å². The Labute approximate surface area is 223 Å². The Kier molecular flexibility index (Phi) is 8.58. The molecule has 12 nitrogen and oxygen atoms in total. The quantitative estimate of drug-likeness (QED) is 0.120. The Morgan fingerprint density at radius 3 is 2.97 bits per heavy atom. The number of hydrogen-bond donors (Lipinski definition) is 3. The summed E-state index contributed by atoms with van der Waals surface area (Å²) in [5.74, 6) is -1.74. The van der Waals surface area contributed by atoms with Crippen molar-refractivity contribution in [1.29, 1.82) is 0 Å². The number of nitrogens with zero attached hydrogens (tertiary/aromatic N) is 5. The highest BCUT2D eigenvalue weighted by Crippen LogP contribution is 2.41. The zero-order chi connectivity index (χ0) is 26.4. The van der Waals surface area contributed by atoms with Crippen molar-refractivity contribution in [3.63, 3.8) is 0 Å². The Morgan fingerprint density at radius 2 is 2.30 bits per heavy atom. The standard InChI is InChI=1S/C22H21N7O5S3/c1-2-7-34-27-14(17-26-22(23)37-28-17)18(30)25-15-19(31)29-16(21(32)33)13(11-36-20(15)29)10-35-8-5-12-4-3-6-24-9-12/h2-6,8-9,15,20H,1,7,10-11H2,(H,25,30)(H,32,33)(H2,23,26,28)/b8-5-,27-14?/t15?,20-/m0/s1. The molecule has 192 valence electrons. The molecule has 2 aliphatic heterocycles. The SMILES string of the molecule is C=CCON=C(C(=O)NC1C(=O)N2C(C(=O)O)=C(CS/C=C\c3cccnc3)CS[C@@H]12)c1nsc(N)n1. The third-order valence-corrected chi connectivity index (χ3v) is 7.78. The fourth-order valence-corrected chi connectivity index (χ4v) is 6.12. The van der Waals surface area contributed by atoms with Crippen LogP contribution in [0.2, 0.25) is 0 Å². The lowest BCUT2D eigenvalue weighted by molar-refractivity contribution is -0.150. The van der Waals surface area contributed by atoms with Gasteiger partial charge in [-0.15, -0.1) is 23.5 Å². The molecule has 4 rings (SSSR count). The fraction of sp³-hybridized carbons (Fsp3) is 0.227. The molecule has 0 radical (unpaired) electrons. The van der Waals surface area contributed by atoms with Gasteiger partial charge < -0.3 is 21.0 Å². The van der Waals surface area contributed by atoms with Crippen molar-refractivity contribution < 1.29 is 24.3 Å². The third kappa shape index (κ3) is 6.00. The number of nitrogens with two attached hydrogens (primary N) is 1. The molecule has 2 aromatic rings. The Balaban J connectivity index is 1.45. The first kappa shape index (κ1) is 26.4. The number of anilines is 1. The molecule has 37 heavy (non-hydrogen) atoms. The summed E-state index contributed by atoms with van der Waals surface area (Å²) in [7, 11) is 0. The van der Waals surface area contributed by atoms with Gasteiger partial charge in [-0.1, -0.05) is 23.9 Å². The van der Waals surface area contributed by atoms with Gasteiger partial charge in [0.1, 0.15) is 23.7 Å². The number of thioether (sulfide) groups is 2. The summed E-state index contributed by atoms with van der Waals surface area (Å²) >= 11 is 3.67. The Morgan fingerprint density at radius 1 is 1.46 bits per heavy atom. The monoisotopic (exact) mass is 559 g/mol. The van der Waals surface area contributed by atoms with Crippen LogP contribution in [0.25, 0.3) is 6.08 Å². The van der Waals surface area contributed by atoms with Gasteiger partial charge in [0.2, 0.25) is 11.5 Å². The molecule has 2 aromatic heterocycles. The maximum Gasteiger partial charge on any atom is 0.352 e. The molecule has 1 unspecified atom stereocenters. The summed E-state index contributed by atoms with van der Waals surface area (Å²) in [5.41, 5.74) is 6.85. The van der Waals surface area contributed by atoms with Gasteiger partial charge in [0.15, 0.2) is 5.13 Å². The number of hydrogen-bond acceptors (Lipinski definition) is 12. The number of carboxylic acids is 1. The highest BCUT2D eigenvalue weighted by atomic mass is 32.2. The molecule has 0 saturated carbocycles. The van der Waals surface area contributed by atoms with Crippen LogP contribution in [0.15, 0.2) is 59.0 Å². The van der Waals surface area contributed by atoms with E-state index in [4.69, 9.17) is 10.6 Å². The maximum absolute atomic E-state index is 13.0. The van der Waals surface area contributed by atoms with E-state index in [1.165, 1.54) is 34.5 Å². The van der Waals surface area contributed by atoms with Crippen molar-refractivity contribution in [3.8, 4) is 0 Å². The number of carbonyl (C=O) groups excluding carboxylic acids is 2.